The first kappa shape index (κ1) is 21.1. The van der Waals surface area contributed by atoms with E-state index in [1.807, 2.05) is 0 Å². The Bertz CT molecular complexity index is 808. The van der Waals surface area contributed by atoms with Crippen LogP contribution in [0.3, 0.4) is 0 Å². The molecule has 2 rings (SSSR count). The van der Waals surface area contributed by atoms with Crippen molar-refractivity contribution in [1.29, 1.82) is 0 Å². The topological polar surface area (TPSA) is 76.7 Å². The van der Waals surface area contributed by atoms with Crippen molar-refractivity contribution in [2.45, 2.75) is 12.6 Å². The number of alkyl halides is 3. The summed E-state index contributed by atoms with van der Waals surface area (Å²) in [5.41, 5.74) is 0.982. The molecule has 0 aromatic heterocycles. The molecule has 0 spiro atoms. The van der Waals surface area contributed by atoms with E-state index in [1.54, 1.807) is 53.8 Å². The minimum atomic E-state index is -4.45. The van der Waals surface area contributed by atoms with E-state index in [0.29, 0.717) is 22.7 Å². The molecule has 150 valence electrons. The minimum Gasteiger partial charge on any atom is -0.493 e. The van der Waals surface area contributed by atoms with Gasteiger partial charge in [0.1, 0.15) is 6.54 Å². The van der Waals surface area contributed by atoms with Gasteiger partial charge in [0.05, 0.1) is 13.5 Å². The molecule has 0 fully saturated rings. The summed E-state index contributed by atoms with van der Waals surface area (Å²) in [6.07, 6.45) is -4.64. The molecule has 0 aliphatic heterocycles. The van der Waals surface area contributed by atoms with Crippen molar-refractivity contribution in [1.82, 2.24) is 5.32 Å². The Morgan fingerprint density at radius 2 is 1.61 bits per heavy atom. The second-order valence-electron chi connectivity index (χ2n) is 5.75. The number of halogens is 3. The van der Waals surface area contributed by atoms with Gasteiger partial charge in [-0.1, -0.05) is 24.3 Å². The SMILES string of the molecule is COc1ccccc1OCC(=O)Nc1ccc(CC(=O)NCC(F)(F)F)cc1. The fourth-order valence-electron chi connectivity index (χ4n) is 2.23. The number of amides is 2. The van der Waals surface area contributed by atoms with Gasteiger partial charge in [-0.05, 0) is 29.8 Å². The molecule has 2 aromatic carbocycles. The summed E-state index contributed by atoms with van der Waals surface area (Å²) in [4.78, 5) is 23.5. The van der Waals surface area contributed by atoms with E-state index in [1.165, 1.54) is 7.11 Å². The van der Waals surface area contributed by atoms with Crippen LogP contribution in [-0.2, 0) is 16.0 Å². The lowest BCUT2D eigenvalue weighted by molar-refractivity contribution is -0.138. The fourth-order valence-corrected chi connectivity index (χ4v) is 2.23. The van der Waals surface area contributed by atoms with Crippen molar-refractivity contribution < 1.29 is 32.2 Å². The lowest BCUT2D eigenvalue weighted by atomic mass is 10.1. The quantitative estimate of drug-likeness (QED) is 0.719. The van der Waals surface area contributed by atoms with Crippen molar-refractivity contribution in [3.8, 4) is 11.5 Å². The Hall–Kier alpha value is -3.23. The monoisotopic (exact) mass is 396 g/mol. The average Bonchev–Trinajstić information content (AvgIpc) is 2.66. The highest BCUT2D eigenvalue weighted by atomic mass is 19.4. The van der Waals surface area contributed by atoms with Gasteiger partial charge < -0.3 is 20.1 Å². The summed E-state index contributed by atoms with van der Waals surface area (Å²) in [6, 6.07) is 13.1. The standard InChI is InChI=1S/C19H19F3N2O4/c1-27-15-4-2-3-5-16(15)28-11-18(26)24-14-8-6-13(7-9-14)10-17(25)23-12-19(20,21)22/h2-9H,10-12H2,1H3,(H,23,25)(H,24,26). The molecule has 0 unspecified atom stereocenters. The fraction of sp³-hybridized carbons (Fsp3) is 0.263. The number of nitrogens with one attached hydrogen (secondary N) is 2. The summed E-state index contributed by atoms with van der Waals surface area (Å²) in [7, 11) is 1.49. The summed E-state index contributed by atoms with van der Waals surface area (Å²) in [5.74, 6) is -0.204. The molecule has 0 saturated heterocycles. The van der Waals surface area contributed by atoms with E-state index in [9.17, 15) is 22.8 Å². The number of hydrogen-bond donors (Lipinski definition) is 2. The molecule has 0 heterocycles. The van der Waals surface area contributed by atoms with Crippen LogP contribution in [0.15, 0.2) is 48.5 Å². The van der Waals surface area contributed by atoms with Crippen molar-refractivity contribution in [3.63, 3.8) is 0 Å². The first-order valence-electron chi connectivity index (χ1n) is 8.25. The van der Waals surface area contributed by atoms with E-state index in [0.717, 1.165) is 0 Å². The van der Waals surface area contributed by atoms with E-state index < -0.39 is 24.5 Å². The van der Waals surface area contributed by atoms with Crippen molar-refractivity contribution in [2.75, 3.05) is 25.6 Å². The van der Waals surface area contributed by atoms with Crippen LogP contribution in [0.1, 0.15) is 5.56 Å². The third-order valence-electron chi connectivity index (χ3n) is 3.52. The van der Waals surface area contributed by atoms with Gasteiger partial charge in [-0.15, -0.1) is 0 Å². The molecule has 0 saturated carbocycles. The van der Waals surface area contributed by atoms with E-state index in [2.05, 4.69) is 5.32 Å². The van der Waals surface area contributed by atoms with Gasteiger partial charge in [0.2, 0.25) is 5.91 Å². The number of methoxy groups -OCH3 is 1. The summed E-state index contributed by atoms with van der Waals surface area (Å²) >= 11 is 0. The van der Waals surface area contributed by atoms with Gasteiger partial charge >= 0.3 is 6.18 Å². The Labute approximate surface area is 159 Å². The molecule has 2 N–H and O–H groups in total. The molecule has 0 aliphatic carbocycles. The Balaban J connectivity index is 1.81. The smallest absolute Gasteiger partial charge is 0.405 e. The Kier molecular flexibility index (Phi) is 7.25. The van der Waals surface area contributed by atoms with Crippen LogP contribution in [0.2, 0.25) is 0 Å². The second kappa shape index (κ2) is 9.63. The number of ether oxygens (including phenoxy) is 2. The molecule has 2 aromatic rings. The maximum Gasteiger partial charge on any atom is 0.405 e. The summed E-state index contributed by atoms with van der Waals surface area (Å²) in [5, 5.41) is 4.42. The highest BCUT2D eigenvalue weighted by molar-refractivity contribution is 5.92. The zero-order valence-electron chi connectivity index (χ0n) is 15.0. The first-order chi connectivity index (χ1) is 13.3. The van der Waals surface area contributed by atoms with Crippen LogP contribution in [0, 0.1) is 0 Å². The van der Waals surface area contributed by atoms with Crippen LogP contribution in [-0.4, -0.2) is 38.3 Å². The maximum absolute atomic E-state index is 12.1. The molecule has 0 aliphatic rings. The average molecular weight is 396 g/mol. The second-order valence-corrected chi connectivity index (χ2v) is 5.75. The lowest BCUT2D eigenvalue weighted by Crippen LogP contribution is -2.34. The third-order valence-corrected chi connectivity index (χ3v) is 3.52. The van der Waals surface area contributed by atoms with E-state index in [-0.39, 0.29) is 13.0 Å². The molecular formula is C19H19F3N2O4. The Morgan fingerprint density at radius 1 is 0.964 bits per heavy atom. The molecule has 28 heavy (non-hydrogen) atoms. The van der Waals surface area contributed by atoms with Crippen molar-refractivity contribution in [2.24, 2.45) is 0 Å². The molecule has 2 amide bonds. The summed E-state index contributed by atoms with van der Waals surface area (Å²) in [6.45, 7) is -1.60. The lowest BCUT2D eigenvalue weighted by Gasteiger charge is -2.11. The number of hydrogen-bond acceptors (Lipinski definition) is 4. The molecule has 9 heteroatoms. The maximum atomic E-state index is 12.1. The zero-order valence-corrected chi connectivity index (χ0v) is 15.0. The highest BCUT2D eigenvalue weighted by Crippen LogP contribution is 2.25. The number of rotatable bonds is 8. The Morgan fingerprint density at radius 3 is 2.21 bits per heavy atom. The highest BCUT2D eigenvalue weighted by Gasteiger charge is 2.27. The van der Waals surface area contributed by atoms with Gasteiger partial charge in [-0.3, -0.25) is 9.59 Å². The van der Waals surface area contributed by atoms with Gasteiger partial charge in [0.15, 0.2) is 18.1 Å². The van der Waals surface area contributed by atoms with E-state index in [4.69, 9.17) is 9.47 Å². The number of carbonyl (C=O) groups is 2. The molecular weight excluding hydrogens is 377 g/mol. The van der Waals surface area contributed by atoms with Crippen LogP contribution in [0.5, 0.6) is 11.5 Å². The first-order valence-corrected chi connectivity index (χ1v) is 8.25. The molecule has 0 radical (unpaired) electrons. The van der Waals surface area contributed by atoms with Crippen LogP contribution in [0.25, 0.3) is 0 Å². The van der Waals surface area contributed by atoms with Gasteiger partial charge in [-0.2, -0.15) is 13.2 Å². The molecule has 0 bridgehead atoms. The van der Waals surface area contributed by atoms with Gasteiger partial charge in [-0.25, -0.2) is 0 Å². The number of anilines is 1. The predicted molar refractivity (Wildman–Crippen MR) is 96.3 cm³/mol. The van der Waals surface area contributed by atoms with Gasteiger partial charge in [0.25, 0.3) is 5.91 Å². The van der Waals surface area contributed by atoms with Crippen LogP contribution < -0.4 is 20.1 Å². The molecule has 6 nitrogen and oxygen atoms in total. The van der Waals surface area contributed by atoms with Crippen molar-refractivity contribution >= 4 is 17.5 Å². The third kappa shape index (κ3) is 7.18. The minimum absolute atomic E-state index is 0.193. The van der Waals surface area contributed by atoms with Crippen LogP contribution >= 0.6 is 0 Å². The number of para-hydroxylation sites is 2. The van der Waals surface area contributed by atoms with Crippen molar-refractivity contribution in [3.05, 3.63) is 54.1 Å². The zero-order chi connectivity index (χ0) is 20.6. The normalized spacial score (nSPS) is 10.9. The van der Waals surface area contributed by atoms with Crippen LogP contribution in [0.4, 0.5) is 18.9 Å². The summed E-state index contributed by atoms with van der Waals surface area (Å²) < 4.78 is 46.7. The largest absolute Gasteiger partial charge is 0.493 e. The van der Waals surface area contributed by atoms with E-state index >= 15 is 0 Å². The predicted octanol–water partition coefficient (Wildman–Crippen LogP) is 2.93. The number of carbonyl (C=O) groups excluding carboxylic acids is 2. The van der Waals surface area contributed by atoms with Gasteiger partial charge in [0, 0.05) is 5.69 Å². The molecule has 0 atom stereocenters. The number of benzene rings is 2.